The molecule has 1 aromatic carbocycles. The zero-order valence-electron chi connectivity index (χ0n) is 9.79. The first-order chi connectivity index (χ1) is 8.17. The van der Waals surface area contributed by atoms with Crippen LogP contribution < -0.4 is 10.5 Å². The van der Waals surface area contributed by atoms with E-state index in [9.17, 15) is 4.39 Å². The minimum absolute atomic E-state index is 0.0146. The van der Waals surface area contributed by atoms with Gasteiger partial charge in [-0.3, -0.25) is 0 Å². The van der Waals surface area contributed by atoms with Gasteiger partial charge in [0.1, 0.15) is 11.6 Å². The highest BCUT2D eigenvalue weighted by Gasteiger charge is 2.07. The van der Waals surface area contributed by atoms with Crippen LogP contribution >= 0.6 is 11.6 Å². The first-order valence-electron chi connectivity index (χ1n) is 5.57. The van der Waals surface area contributed by atoms with Crippen molar-refractivity contribution in [3.05, 3.63) is 29.0 Å². The Labute approximate surface area is 106 Å². The van der Waals surface area contributed by atoms with Crippen molar-refractivity contribution in [1.29, 1.82) is 0 Å². The molecule has 3 nitrogen and oxygen atoms in total. The lowest BCUT2D eigenvalue weighted by Crippen LogP contribution is -2.25. The minimum Gasteiger partial charge on any atom is -0.492 e. The van der Waals surface area contributed by atoms with Crippen molar-refractivity contribution in [1.82, 2.24) is 0 Å². The highest BCUT2D eigenvalue weighted by atomic mass is 35.5. The lowest BCUT2D eigenvalue weighted by atomic mass is 10.2. The van der Waals surface area contributed by atoms with Crippen LogP contribution in [0.4, 0.5) is 4.39 Å². The maximum Gasteiger partial charge on any atom is 0.138 e. The van der Waals surface area contributed by atoms with E-state index in [1.165, 1.54) is 18.2 Å². The third-order valence-corrected chi connectivity index (χ3v) is 2.55. The molecular formula is C12H17ClFNO2. The van der Waals surface area contributed by atoms with Crippen LogP contribution in [0, 0.1) is 5.82 Å². The molecule has 0 aliphatic heterocycles. The molecule has 96 valence electrons. The Kier molecular flexibility index (Phi) is 6.26. The SMILES string of the molecule is CCOC(CN)CCOc1ccc(F)cc1Cl. The predicted octanol–water partition coefficient (Wildman–Crippen LogP) is 2.61. The minimum atomic E-state index is -0.378. The van der Waals surface area contributed by atoms with Crippen molar-refractivity contribution >= 4 is 11.6 Å². The maximum absolute atomic E-state index is 12.8. The second-order valence-electron chi connectivity index (χ2n) is 3.52. The van der Waals surface area contributed by atoms with Gasteiger partial charge < -0.3 is 15.2 Å². The van der Waals surface area contributed by atoms with Crippen LogP contribution in [0.1, 0.15) is 13.3 Å². The topological polar surface area (TPSA) is 44.5 Å². The molecule has 0 aliphatic carbocycles. The van der Waals surface area contributed by atoms with Crippen LogP contribution in [0.15, 0.2) is 18.2 Å². The molecule has 0 aliphatic rings. The molecule has 0 amide bonds. The van der Waals surface area contributed by atoms with E-state index < -0.39 is 0 Å². The third kappa shape index (κ3) is 4.89. The number of nitrogens with two attached hydrogens (primary N) is 1. The van der Waals surface area contributed by atoms with E-state index in [1.54, 1.807) is 0 Å². The average molecular weight is 262 g/mol. The molecule has 0 bridgehead atoms. The number of hydrogen-bond donors (Lipinski definition) is 1. The summed E-state index contributed by atoms with van der Waals surface area (Å²) >= 11 is 5.82. The van der Waals surface area contributed by atoms with Crippen molar-refractivity contribution in [2.45, 2.75) is 19.4 Å². The second-order valence-corrected chi connectivity index (χ2v) is 3.93. The van der Waals surface area contributed by atoms with Crippen LogP contribution in [0.25, 0.3) is 0 Å². The highest BCUT2D eigenvalue weighted by molar-refractivity contribution is 6.32. The Bertz CT molecular complexity index is 349. The van der Waals surface area contributed by atoms with Gasteiger partial charge in [-0.2, -0.15) is 0 Å². The zero-order chi connectivity index (χ0) is 12.7. The van der Waals surface area contributed by atoms with Crippen LogP contribution in [-0.2, 0) is 4.74 Å². The van der Waals surface area contributed by atoms with E-state index in [4.69, 9.17) is 26.8 Å². The molecule has 2 N–H and O–H groups in total. The van der Waals surface area contributed by atoms with Crippen LogP contribution in [0.5, 0.6) is 5.75 Å². The van der Waals surface area contributed by atoms with Gasteiger partial charge in [-0.25, -0.2) is 4.39 Å². The quantitative estimate of drug-likeness (QED) is 0.821. The molecule has 17 heavy (non-hydrogen) atoms. The smallest absolute Gasteiger partial charge is 0.138 e. The summed E-state index contributed by atoms with van der Waals surface area (Å²) in [6.07, 6.45) is 0.664. The van der Waals surface area contributed by atoms with E-state index in [2.05, 4.69) is 0 Å². The van der Waals surface area contributed by atoms with Crippen LogP contribution in [-0.4, -0.2) is 25.9 Å². The van der Waals surface area contributed by atoms with Crippen molar-refractivity contribution in [3.8, 4) is 5.75 Å². The fourth-order valence-corrected chi connectivity index (χ4v) is 1.62. The first-order valence-corrected chi connectivity index (χ1v) is 5.94. The summed E-state index contributed by atoms with van der Waals surface area (Å²) in [5.41, 5.74) is 5.53. The summed E-state index contributed by atoms with van der Waals surface area (Å²) in [4.78, 5) is 0. The number of halogens is 2. The lowest BCUT2D eigenvalue weighted by molar-refractivity contribution is 0.0527. The van der Waals surface area contributed by atoms with Crippen molar-refractivity contribution in [2.75, 3.05) is 19.8 Å². The molecule has 5 heteroatoms. The molecule has 0 spiro atoms. The van der Waals surface area contributed by atoms with Gasteiger partial charge in [0.25, 0.3) is 0 Å². The Balaban J connectivity index is 2.39. The molecule has 0 saturated heterocycles. The van der Waals surface area contributed by atoms with Gasteiger partial charge in [-0.15, -0.1) is 0 Å². The van der Waals surface area contributed by atoms with Crippen LogP contribution in [0.2, 0.25) is 5.02 Å². The van der Waals surface area contributed by atoms with E-state index in [0.717, 1.165) is 0 Å². The third-order valence-electron chi connectivity index (χ3n) is 2.26. The van der Waals surface area contributed by atoms with E-state index in [1.807, 2.05) is 6.92 Å². The van der Waals surface area contributed by atoms with Gasteiger partial charge in [0, 0.05) is 19.6 Å². The fourth-order valence-electron chi connectivity index (χ4n) is 1.40. The first kappa shape index (κ1) is 14.2. The van der Waals surface area contributed by atoms with E-state index in [-0.39, 0.29) is 16.9 Å². The molecule has 0 heterocycles. The predicted molar refractivity (Wildman–Crippen MR) is 66.0 cm³/mol. The Hall–Kier alpha value is -0.840. The summed E-state index contributed by atoms with van der Waals surface area (Å²) in [5.74, 6) is 0.0943. The van der Waals surface area contributed by atoms with Gasteiger partial charge in [0.15, 0.2) is 0 Å². The highest BCUT2D eigenvalue weighted by Crippen LogP contribution is 2.24. The Morgan fingerprint density at radius 3 is 2.82 bits per heavy atom. The normalized spacial score (nSPS) is 12.5. The summed E-state index contributed by atoms with van der Waals surface area (Å²) in [6, 6.07) is 4.04. The van der Waals surface area contributed by atoms with Crippen LogP contribution in [0.3, 0.4) is 0 Å². The summed E-state index contributed by atoms with van der Waals surface area (Å²) in [6.45, 7) is 3.43. The summed E-state index contributed by atoms with van der Waals surface area (Å²) < 4.78 is 23.6. The standard InChI is InChI=1S/C12H17ClFNO2/c1-2-16-10(8-15)5-6-17-12-4-3-9(14)7-11(12)13/h3-4,7,10H,2,5-6,8,15H2,1H3. The zero-order valence-corrected chi connectivity index (χ0v) is 10.5. The van der Waals surface area contributed by atoms with Gasteiger partial charge in [0.2, 0.25) is 0 Å². The number of ether oxygens (including phenoxy) is 2. The largest absolute Gasteiger partial charge is 0.492 e. The molecule has 0 fully saturated rings. The Morgan fingerprint density at radius 2 is 2.24 bits per heavy atom. The van der Waals surface area contributed by atoms with E-state index >= 15 is 0 Å². The molecule has 0 saturated carbocycles. The number of benzene rings is 1. The summed E-state index contributed by atoms with van der Waals surface area (Å²) in [7, 11) is 0. The summed E-state index contributed by atoms with van der Waals surface area (Å²) in [5, 5.41) is 0.269. The van der Waals surface area contributed by atoms with Crippen molar-refractivity contribution in [2.24, 2.45) is 5.73 Å². The molecule has 0 radical (unpaired) electrons. The molecule has 0 aromatic heterocycles. The second kappa shape index (κ2) is 7.48. The molecule has 1 unspecified atom stereocenters. The van der Waals surface area contributed by atoms with Gasteiger partial charge >= 0.3 is 0 Å². The monoisotopic (exact) mass is 261 g/mol. The van der Waals surface area contributed by atoms with Gasteiger partial charge in [-0.05, 0) is 25.1 Å². The van der Waals surface area contributed by atoms with Crippen molar-refractivity contribution in [3.63, 3.8) is 0 Å². The fraction of sp³-hybridized carbons (Fsp3) is 0.500. The molecular weight excluding hydrogens is 245 g/mol. The molecule has 1 aromatic rings. The van der Waals surface area contributed by atoms with E-state index in [0.29, 0.717) is 31.9 Å². The number of hydrogen-bond acceptors (Lipinski definition) is 3. The number of rotatable bonds is 7. The van der Waals surface area contributed by atoms with Gasteiger partial charge in [0.05, 0.1) is 17.7 Å². The lowest BCUT2D eigenvalue weighted by Gasteiger charge is -2.15. The maximum atomic E-state index is 12.8. The average Bonchev–Trinajstić information content (AvgIpc) is 2.30. The Morgan fingerprint density at radius 1 is 1.47 bits per heavy atom. The molecule has 1 rings (SSSR count). The van der Waals surface area contributed by atoms with Crippen molar-refractivity contribution < 1.29 is 13.9 Å². The van der Waals surface area contributed by atoms with Gasteiger partial charge in [-0.1, -0.05) is 11.6 Å². The molecule has 1 atom stereocenters.